The summed E-state index contributed by atoms with van der Waals surface area (Å²) in [5.41, 5.74) is 6.86. The lowest BCUT2D eigenvalue weighted by atomic mass is 9.98. The smallest absolute Gasteiger partial charge is 0.269 e. The zero-order valence-corrected chi connectivity index (χ0v) is 24.8. The third-order valence-electron chi connectivity index (χ3n) is 7.55. The molecule has 0 aliphatic carbocycles. The minimum absolute atomic E-state index is 0.0702. The number of hydrogen-bond donors (Lipinski definition) is 1. The van der Waals surface area contributed by atoms with Crippen molar-refractivity contribution in [3.05, 3.63) is 107 Å². The van der Waals surface area contributed by atoms with Gasteiger partial charge in [0.1, 0.15) is 18.5 Å². The second-order valence-corrected chi connectivity index (χ2v) is 11.0. The largest absolute Gasteiger partial charge is 0.364 e. The van der Waals surface area contributed by atoms with E-state index in [0.717, 1.165) is 4.90 Å². The van der Waals surface area contributed by atoms with E-state index in [0.29, 0.717) is 22.3 Å². The minimum Gasteiger partial charge on any atom is -0.364 e. The van der Waals surface area contributed by atoms with E-state index in [-0.39, 0.29) is 46.9 Å². The van der Waals surface area contributed by atoms with Crippen molar-refractivity contribution in [2.75, 3.05) is 6.54 Å². The molecular formula is C33H24ClF2N7O3. The molecule has 6 rings (SSSR count). The van der Waals surface area contributed by atoms with Gasteiger partial charge in [-0.15, -0.1) is 0 Å². The van der Waals surface area contributed by atoms with E-state index in [1.165, 1.54) is 23.0 Å². The van der Waals surface area contributed by atoms with Crippen LogP contribution in [0, 0.1) is 17.7 Å². The molecule has 5 aromatic rings. The Bertz CT molecular complexity index is 2060. The number of nitrogens with two attached hydrogens (primary N) is 1. The highest BCUT2D eigenvalue weighted by molar-refractivity contribution is 6.33. The molecule has 1 saturated heterocycles. The highest BCUT2D eigenvalue weighted by Crippen LogP contribution is 2.30. The van der Waals surface area contributed by atoms with Gasteiger partial charge in [0.2, 0.25) is 11.7 Å². The number of alkyl halides is 1. The van der Waals surface area contributed by atoms with E-state index < -0.39 is 42.2 Å². The number of ketones is 1. The molecule has 4 heterocycles. The van der Waals surface area contributed by atoms with E-state index in [1.54, 1.807) is 54.9 Å². The molecule has 1 unspecified atom stereocenters. The number of primary amides is 1. The van der Waals surface area contributed by atoms with Gasteiger partial charge in [0.15, 0.2) is 11.5 Å². The average Bonchev–Trinajstić information content (AvgIpc) is 3.62. The van der Waals surface area contributed by atoms with Crippen molar-refractivity contribution in [3.8, 4) is 23.1 Å². The maximum atomic E-state index is 15.5. The van der Waals surface area contributed by atoms with Crippen LogP contribution in [0.2, 0.25) is 5.02 Å². The number of fused-ring (bicyclic) bond motifs is 1. The van der Waals surface area contributed by atoms with Gasteiger partial charge in [-0.2, -0.15) is 5.10 Å². The van der Waals surface area contributed by atoms with Gasteiger partial charge in [-0.1, -0.05) is 29.7 Å². The van der Waals surface area contributed by atoms with Crippen molar-refractivity contribution >= 4 is 40.1 Å². The molecule has 0 bridgehead atoms. The number of amides is 2. The summed E-state index contributed by atoms with van der Waals surface area (Å²) in [7, 11) is 0. The highest BCUT2D eigenvalue weighted by Gasteiger charge is 2.40. The Hall–Kier alpha value is -5.54. The molecule has 0 spiro atoms. The number of aromatic nitrogens is 5. The summed E-state index contributed by atoms with van der Waals surface area (Å²) < 4.78 is 31.5. The van der Waals surface area contributed by atoms with E-state index >= 15 is 4.39 Å². The predicted molar refractivity (Wildman–Crippen MR) is 165 cm³/mol. The maximum absolute atomic E-state index is 15.5. The summed E-state index contributed by atoms with van der Waals surface area (Å²) in [6, 6.07) is 13.2. The highest BCUT2D eigenvalue weighted by atomic mass is 35.5. The molecule has 13 heteroatoms. The Balaban J connectivity index is 1.23. The molecule has 0 saturated carbocycles. The van der Waals surface area contributed by atoms with Gasteiger partial charge in [0, 0.05) is 47.9 Å². The summed E-state index contributed by atoms with van der Waals surface area (Å²) in [4.78, 5) is 52.6. The number of carbonyl (C=O) groups excluding carboxylic acids is 3. The second-order valence-electron chi connectivity index (χ2n) is 10.6. The van der Waals surface area contributed by atoms with Crippen molar-refractivity contribution in [2.45, 2.75) is 31.6 Å². The number of carbonyl (C=O) groups is 3. The number of hydrogen-bond acceptors (Lipinski definition) is 7. The van der Waals surface area contributed by atoms with Gasteiger partial charge < -0.3 is 10.6 Å². The Morgan fingerprint density at radius 3 is 2.54 bits per heavy atom. The molecular weight excluding hydrogens is 616 g/mol. The fraction of sp³-hybridized carbons (Fsp3) is 0.182. The van der Waals surface area contributed by atoms with Gasteiger partial charge in [-0.25, -0.2) is 18.7 Å². The minimum atomic E-state index is -1.45. The maximum Gasteiger partial charge on any atom is 0.269 e. The zero-order chi connectivity index (χ0) is 32.4. The molecule has 2 N–H and O–H groups in total. The molecule has 46 heavy (non-hydrogen) atoms. The molecule has 1 aliphatic rings. The van der Waals surface area contributed by atoms with Crippen LogP contribution in [0.1, 0.15) is 33.9 Å². The number of halogens is 3. The quantitative estimate of drug-likeness (QED) is 0.267. The van der Waals surface area contributed by atoms with Crippen molar-refractivity contribution in [1.82, 2.24) is 29.6 Å². The van der Waals surface area contributed by atoms with E-state index in [1.807, 2.05) is 0 Å². The van der Waals surface area contributed by atoms with E-state index in [4.69, 9.17) is 17.3 Å². The number of benzene rings is 2. The molecule has 3 aromatic heterocycles. The standard InChI is InChI=1S/C33H24ClF2N7O3/c34-24-6-2-11-40-31(24)22-5-1-4-20(30(22)36)15-27(44)26-16-21(35)17-42(26)29(45)18-43-25-9-7-19(8-10-28-38-12-3-13-39-28)14-23(25)32(41-43)33(37)46/h1-7,9,11-14,21,26H,15-18H2,(H2,37,46)/t21-,26?/m1/s1. The molecule has 10 nitrogen and oxygen atoms in total. The van der Waals surface area contributed by atoms with Crippen LogP contribution in [0.25, 0.3) is 22.2 Å². The first kappa shape index (κ1) is 30.5. The topological polar surface area (TPSA) is 137 Å². The summed E-state index contributed by atoms with van der Waals surface area (Å²) in [6.07, 6.45) is 2.55. The van der Waals surface area contributed by atoms with Gasteiger partial charge in [-0.3, -0.25) is 24.0 Å². The van der Waals surface area contributed by atoms with Crippen molar-refractivity contribution in [1.29, 1.82) is 0 Å². The normalized spacial score (nSPS) is 15.8. The number of likely N-dealkylation sites (tertiary alicyclic amines) is 1. The molecule has 2 atom stereocenters. The van der Waals surface area contributed by atoms with Crippen LogP contribution in [0.5, 0.6) is 0 Å². The number of rotatable bonds is 7. The predicted octanol–water partition coefficient (Wildman–Crippen LogP) is 3.93. The molecule has 2 amide bonds. The summed E-state index contributed by atoms with van der Waals surface area (Å²) in [6.45, 7) is -0.713. The van der Waals surface area contributed by atoms with Crippen LogP contribution in [-0.2, 0) is 22.6 Å². The van der Waals surface area contributed by atoms with Gasteiger partial charge >= 0.3 is 0 Å². The first-order valence-corrected chi connectivity index (χ1v) is 14.5. The van der Waals surface area contributed by atoms with Gasteiger partial charge in [-0.05, 0) is 53.9 Å². The average molecular weight is 640 g/mol. The van der Waals surface area contributed by atoms with Crippen LogP contribution < -0.4 is 5.73 Å². The Kier molecular flexibility index (Phi) is 8.50. The van der Waals surface area contributed by atoms with Crippen LogP contribution >= 0.6 is 11.6 Å². The molecule has 1 aliphatic heterocycles. The van der Waals surface area contributed by atoms with Crippen molar-refractivity contribution in [3.63, 3.8) is 0 Å². The van der Waals surface area contributed by atoms with Crippen LogP contribution in [0.4, 0.5) is 8.78 Å². The van der Waals surface area contributed by atoms with Crippen LogP contribution in [0.15, 0.2) is 73.2 Å². The van der Waals surface area contributed by atoms with Crippen LogP contribution in [0.3, 0.4) is 0 Å². The molecule has 230 valence electrons. The van der Waals surface area contributed by atoms with Crippen molar-refractivity contribution in [2.24, 2.45) is 5.73 Å². The third-order valence-corrected chi connectivity index (χ3v) is 7.86. The Morgan fingerprint density at radius 1 is 1.00 bits per heavy atom. The first-order valence-electron chi connectivity index (χ1n) is 14.1. The Morgan fingerprint density at radius 2 is 1.78 bits per heavy atom. The fourth-order valence-electron chi connectivity index (χ4n) is 5.42. The SMILES string of the molecule is NC(=O)c1nn(CC(=O)N2C[C@H](F)CC2C(=O)Cc2cccc(-c3ncccc3Cl)c2F)c2ccc(C#Cc3ncccn3)cc12. The van der Waals surface area contributed by atoms with E-state index in [9.17, 15) is 18.8 Å². The molecule has 0 radical (unpaired) electrons. The van der Waals surface area contributed by atoms with Crippen molar-refractivity contribution < 1.29 is 23.2 Å². The lowest BCUT2D eigenvalue weighted by Crippen LogP contribution is -2.43. The van der Waals surface area contributed by atoms with E-state index in [2.05, 4.69) is 31.9 Å². The molecule has 2 aromatic carbocycles. The van der Waals surface area contributed by atoms with Crippen LogP contribution in [-0.4, -0.2) is 66.0 Å². The Labute approximate surface area is 266 Å². The van der Waals surface area contributed by atoms with Gasteiger partial charge in [0.25, 0.3) is 5.91 Å². The number of nitrogens with zero attached hydrogens (tertiary/aromatic N) is 6. The number of Topliss-reactive ketones (excluding diaryl/α,β-unsaturated/α-hetero) is 1. The first-order chi connectivity index (χ1) is 22.2. The third kappa shape index (κ3) is 6.18. The number of pyridine rings is 1. The summed E-state index contributed by atoms with van der Waals surface area (Å²) in [5.74, 6) is 3.45. The fourth-order valence-corrected chi connectivity index (χ4v) is 5.65. The summed E-state index contributed by atoms with van der Waals surface area (Å²) in [5, 5.41) is 4.86. The summed E-state index contributed by atoms with van der Waals surface area (Å²) >= 11 is 6.20. The molecule has 1 fully saturated rings. The van der Waals surface area contributed by atoms with Gasteiger partial charge in [0.05, 0.1) is 28.8 Å². The second kappa shape index (κ2) is 12.8. The zero-order valence-electron chi connectivity index (χ0n) is 24.0. The lowest BCUT2D eigenvalue weighted by molar-refractivity contribution is -0.138. The lowest BCUT2D eigenvalue weighted by Gasteiger charge is -2.23. The monoisotopic (exact) mass is 639 g/mol.